The van der Waals surface area contributed by atoms with Crippen LogP contribution in [-0.4, -0.2) is 29.4 Å². The maximum Gasteiger partial charge on any atom is 0.407 e. The number of ether oxygens (including phenoxy) is 1. The monoisotopic (exact) mass is 257 g/mol. The number of nitrogens with one attached hydrogen (secondary N) is 1. The van der Waals surface area contributed by atoms with E-state index in [-0.39, 0.29) is 35.5 Å². The highest BCUT2D eigenvalue weighted by atomic mass is 16.6. The summed E-state index contributed by atoms with van der Waals surface area (Å²) in [5.41, 5.74) is -0.719. The van der Waals surface area contributed by atoms with E-state index in [9.17, 15) is 9.90 Å². The molecule has 0 radical (unpaired) electrons. The molecule has 1 saturated carbocycles. The van der Waals surface area contributed by atoms with Crippen LogP contribution >= 0.6 is 0 Å². The lowest BCUT2D eigenvalue weighted by Gasteiger charge is -2.63. The van der Waals surface area contributed by atoms with Crippen molar-refractivity contribution in [1.82, 2.24) is 5.32 Å². The Balaban J connectivity index is 2.71. The van der Waals surface area contributed by atoms with Crippen LogP contribution in [0.15, 0.2) is 0 Å². The Bertz CT molecular complexity index is 312. The Kier molecular flexibility index (Phi) is 3.74. The van der Waals surface area contributed by atoms with Crippen molar-refractivity contribution in [3.63, 3.8) is 0 Å². The molecule has 0 aliphatic heterocycles. The van der Waals surface area contributed by atoms with E-state index in [2.05, 4.69) is 33.0 Å². The normalized spacial score (nSPS) is 29.3. The molecule has 106 valence electrons. The number of alkyl carbamates (subject to hydrolysis) is 1. The lowest BCUT2D eigenvalue weighted by atomic mass is 9.45. The number of hydrogen-bond donors (Lipinski definition) is 2. The molecule has 0 bridgehead atoms. The SMILES string of the molecule is CC(C)(C)OC(=O)NC1C(C)(C)C(CO)C1(C)C. The van der Waals surface area contributed by atoms with E-state index in [4.69, 9.17) is 4.74 Å². The first-order chi connectivity index (χ1) is 7.93. The second-order valence-corrected chi connectivity index (χ2v) is 7.46. The van der Waals surface area contributed by atoms with Gasteiger partial charge in [-0.05, 0) is 37.5 Å². The summed E-state index contributed by atoms with van der Waals surface area (Å²) in [6.45, 7) is 14.0. The van der Waals surface area contributed by atoms with Gasteiger partial charge in [0.1, 0.15) is 5.60 Å². The summed E-state index contributed by atoms with van der Waals surface area (Å²) in [5, 5.41) is 12.4. The molecule has 1 rings (SSSR count). The third-order valence-corrected chi connectivity index (χ3v) is 4.13. The van der Waals surface area contributed by atoms with E-state index < -0.39 is 5.60 Å². The highest BCUT2D eigenvalue weighted by molar-refractivity contribution is 5.68. The average molecular weight is 257 g/mol. The minimum Gasteiger partial charge on any atom is -0.444 e. The summed E-state index contributed by atoms with van der Waals surface area (Å²) in [4.78, 5) is 11.8. The van der Waals surface area contributed by atoms with Crippen molar-refractivity contribution in [3.8, 4) is 0 Å². The number of carbonyl (C=O) groups is 1. The second kappa shape index (κ2) is 4.41. The Morgan fingerprint density at radius 1 is 1.22 bits per heavy atom. The van der Waals surface area contributed by atoms with Crippen LogP contribution in [0.4, 0.5) is 4.79 Å². The summed E-state index contributed by atoms with van der Waals surface area (Å²) in [6.07, 6.45) is -0.384. The molecule has 1 aliphatic rings. The standard InChI is InChI=1S/C14H27NO3/c1-12(2,3)18-11(17)15-10-13(4,5)9(8-16)14(10,6)7/h9-10,16H,8H2,1-7H3,(H,15,17). The zero-order valence-corrected chi connectivity index (χ0v) is 12.6. The van der Waals surface area contributed by atoms with Gasteiger partial charge in [-0.2, -0.15) is 0 Å². The largest absolute Gasteiger partial charge is 0.444 e. The van der Waals surface area contributed by atoms with Gasteiger partial charge in [0.05, 0.1) is 0 Å². The van der Waals surface area contributed by atoms with Gasteiger partial charge >= 0.3 is 6.09 Å². The summed E-state index contributed by atoms with van der Waals surface area (Å²) in [6, 6.07) is 0.0111. The number of rotatable bonds is 2. The Morgan fingerprint density at radius 2 is 1.67 bits per heavy atom. The van der Waals surface area contributed by atoms with Gasteiger partial charge < -0.3 is 15.2 Å². The average Bonchev–Trinajstić information content (AvgIpc) is 2.10. The number of aliphatic hydroxyl groups excluding tert-OH is 1. The van der Waals surface area contributed by atoms with Crippen LogP contribution in [0.2, 0.25) is 0 Å². The Labute approximate surface area is 110 Å². The molecule has 0 spiro atoms. The zero-order chi connectivity index (χ0) is 14.4. The van der Waals surface area contributed by atoms with E-state index in [1.807, 2.05) is 20.8 Å². The first kappa shape index (κ1) is 15.3. The predicted molar refractivity (Wildman–Crippen MR) is 71.3 cm³/mol. The summed E-state index contributed by atoms with van der Waals surface area (Å²) < 4.78 is 5.29. The van der Waals surface area contributed by atoms with Gasteiger partial charge in [0.25, 0.3) is 0 Å². The van der Waals surface area contributed by atoms with Crippen molar-refractivity contribution < 1.29 is 14.6 Å². The quantitative estimate of drug-likeness (QED) is 0.799. The van der Waals surface area contributed by atoms with Crippen LogP contribution < -0.4 is 5.32 Å². The van der Waals surface area contributed by atoms with Gasteiger partial charge in [-0.25, -0.2) is 4.79 Å². The van der Waals surface area contributed by atoms with E-state index >= 15 is 0 Å². The molecule has 0 aromatic heterocycles. The van der Waals surface area contributed by atoms with E-state index in [0.29, 0.717) is 0 Å². The molecule has 1 aliphatic carbocycles. The molecule has 1 fully saturated rings. The van der Waals surface area contributed by atoms with Crippen LogP contribution in [0.1, 0.15) is 48.5 Å². The molecule has 4 nitrogen and oxygen atoms in total. The van der Waals surface area contributed by atoms with Gasteiger partial charge in [-0.1, -0.05) is 27.7 Å². The summed E-state index contributed by atoms with van der Waals surface area (Å²) in [7, 11) is 0. The maximum absolute atomic E-state index is 11.8. The van der Waals surface area contributed by atoms with E-state index in [1.54, 1.807) is 0 Å². The topological polar surface area (TPSA) is 58.6 Å². The van der Waals surface area contributed by atoms with Crippen molar-refractivity contribution >= 4 is 6.09 Å². The van der Waals surface area contributed by atoms with Crippen molar-refractivity contribution in [2.45, 2.75) is 60.1 Å². The molecule has 0 atom stereocenters. The van der Waals surface area contributed by atoms with E-state index in [1.165, 1.54) is 0 Å². The van der Waals surface area contributed by atoms with Crippen molar-refractivity contribution in [3.05, 3.63) is 0 Å². The molecule has 0 aromatic carbocycles. The first-order valence-corrected chi connectivity index (χ1v) is 6.53. The number of amides is 1. The molecule has 0 saturated heterocycles. The molecule has 18 heavy (non-hydrogen) atoms. The fourth-order valence-corrected chi connectivity index (χ4v) is 3.49. The van der Waals surface area contributed by atoms with Crippen LogP contribution in [-0.2, 0) is 4.74 Å². The van der Waals surface area contributed by atoms with Gasteiger partial charge in [0.2, 0.25) is 0 Å². The van der Waals surface area contributed by atoms with Crippen LogP contribution in [0, 0.1) is 16.7 Å². The molecule has 0 unspecified atom stereocenters. The number of hydrogen-bond acceptors (Lipinski definition) is 3. The van der Waals surface area contributed by atoms with Crippen LogP contribution in [0.3, 0.4) is 0 Å². The van der Waals surface area contributed by atoms with Gasteiger partial charge in [-0.15, -0.1) is 0 Å². The van der Waals surface area contributed by atoms with Crippen LogP contribution in [0.25, 0.3) is 0 Å². The molecular weight excluding hydrogens is 230 g/mol. The van der Waals surface area contributed by atoms with Crippen LogP contribution in [0.5, 0.6) is 0 Å². The highest BCUT2D eigenvalue weighted by Crippen LogP contribution is 2.58. The predicted octanol–water partition coefficient (Wildman–Crippen LogP) is 2.55. The molecule has 2 N–H and O–H groups in total. The highest BCUT2D eigenvalue weighted by Gasteiger charge is 2.61. The Morgan fingerprint density at radius 3 is 2.00 bits per heavy atom. The van der Waals surface area contributed by atoms with Gasteiger partial charge in [-0.3, -0.25) is 0 Å². The summed E-state index contributed by atoms with van der Waals surface area (Å²) in [5.74, 6) is 0.185. The fraction of sp³-hybridized carbons (Fsp3) is 0.929. The smallest absolute Gasteiger partial charge is 0.407 e. The van der Waals surface area contributed by atoms with Gasteiger partial charge in [0.15, 0.2) is 0 Å². The molecule has 0 heterocycles. The lowest BCUT2D eigenvalue weighted by Crippen LogP contribution is -2.71. The van der Waals surface area contributed by atoms with Crippen molar-refractivity contribution in [2.75, 3.05) is 6.61 Å². The van der Waals surface area contributed by atoms with E-state index in [0.717, 1.165) is 0 Å². The minimum atomic E-state index is -0.488. The Hall–Kier alpha value is -0.770. The second-order valence-electron chi connectivity index (χ2n) is 7.46. The third-order valence-electron chi connectivity index (χ3n) is 4.13. The minimum absolute atomic E-state index is 0.0111. The van der Waals surface area contributed by atoms with Crippen molar-refractivity contribution in [2.24, 2.45) is 16.7 Å². The molecule has 1 amide bonds. The maximum atomic E-state index is 11.8. The zero-order valence-electron chi connectivity index (χ0n) is 12.6. The first-order valence-electron chi connectivity index (χ1n) is 6.53. The number of aliphatic hydroxyl groups is 1. The number of carbonyl (C=O) groups excluding carboxylic acids is 1. The van der Waals surface area contributed by atoms with Crippen molar-refractivity contribution in [1.29, 1.82) is 0 Å². The molecule has 0 aromatic rings. The summed E-state index contributed by atoms with van der Waals surface area (Å²) >= 11 is 0. The molecule has 4 heteroatoms. The fourth-order valence-electron chi connectivity index (χ4n) is 3.49. The lowest BCUT2D eigenvalue weighted by molar-refractivity contribution is -0.145. The van der Waals surface area contributed by atoms with Gasteiger partial charge in [0, 0.05) is 12.6 Å². The third kappa shape index (κ3) is 2.63. The molecular formula is C14H27NO3.